The van der Waals surface area contributed by atoms with Gasteiger partial charge in [0.25, 0.3) is 0 Å². The van der Waals surface area contributed by atoms with Gasteiger partial charge in [0.1, 0.15) is 0 Å². The van der Waals surface area contributed by atoms with Crippen molar-refractivity contribution in [1.82, 2.24) is 0 Å². The van der Waals surface area contributed by atoms with Crippen LogP contribution in [0.15, 0.2) is 0 Å². The van der Waals surface area contributed by atoms with Gasteiger partial charge in [0.05, 0.1) is 6.61 Å². The molecule has 1 heteroatoms. The van der Waals surface area contributed by atoms with E-state index in [1.54, 1.807) is 0 Å². The van der Waals surface area contributed by atoms with Gasteiger partial charge in [-0.1, -0.05) is 142 Å². The molecule has 1 radical (unpaired) electrons. The quantitative estimate of drug-likeness (QED) is 0.151. The molecule has 0 atom stereocenters. The molecule has 0 saturated heterocycles. The Morgan fingerprint density at radius 2 is 0.741 bits per heavy atom. The average molecular weight is 382 g/mol. The molecule has 0 rings (SSSR count). The van der Waals surface area contributed by atoms with Crippen LogP contribution in [0.25, 0.3) is 0 Å². The van der Waals surface area contributed by atoms with E-state index in [9.17, 15) is 0 Å². The fraction of sp³-hybridized carbons (Fsp3) is 0.962. The first kappa shape index (κ1) is 27.0. The van der Waals surface area contributed by atoms with Crippen LogP contribution in [-0.4, -0.2) is 6.61 Å². The zero-order valence-electron chi connectivity index (χ0n) is 19.2. The number of ether oxygens (including phenoxy) is 1. The zero-order valence-corrected chi connectivity index (χ0v) is 19.2. The first-order valence-electron chi connectivity index (χ1n) is 12.8. The molecule has 0 N–H and O–H groups in total. The first-order valence-corrected chi connectivity index (χ1v) is 12.8. The third kappa shape index (κ3) is 26.0. The van der Waals surface area contributed by atoms with Gasteiger partial charge < -0.3 is 4.74 Å². The average Bonchev–Trinajstić information content (AvgIpc) is 2.68. The Hall–Kier alpha value is -0.0400. The number of rotatable bonds is 24. The van der Waals surface area contributed by atoms with Crippen LogP contribution in [0, 0.1) is 6.61 Å². The van der Waals surface area contributed by atoms with Gasteiger partial charge >= 0.3 is 0 Å². The smallest absolute Gasteiger partial charge is 0.0836 e. The summed E-state index contributed by atoms with van der Waals surface area (Å²) in [5.41, 5.74) is 0. The Kier molecular flexibility index (Phi) is 25.9. The van der Waals surface area contributed by atoms with Crippen LogP contribution in [0.4, 0.5) is 0 Å². The fourth-order valence-corrected chi connectivity index (χ4v) is 3.70. The molecule has 27 heavy (non-hydrogen) atoms. The van der Waals surface area contributed by atoms with Crippen molar-refractivity contribution in [3.05, 3.63) is 6.61 Å². The maximum atomic E-state index is 5.49. The lowest BCUT2D eigenvalue weighted by Crippen LogP contribution is -1.91. The Balaban J connectivity index is 2.95. The second kappa shape index (κ2) is 26.0. The minimum Gasteiger partial charge on any atom is -0.376 e. The van der Waals surface area contributed by atoms with E-state index in [0.717, 1.165) is 13.0 Å². The van der Waals surface area contributed by atoms with E-state index in [-0.39, 0.29) is 0 Å². The lowest BCUT2D eigenvalue weighted by atomic mass is 10.0. The molecule has 0 aliphatic rings. The molecule has 1 nitrogen and oxygen atoms in total. The summed E-state index contributed by atoms with van der Waals surface area (Å²) in [4.78, 5) is 0. The molecule has 163 valence electrons. The molecular formula is C26H53O. The predicted octanol–water partition coefficient (Wildman–Crippen LogP) is 9.79. The molecular weight excluding hydrogens is 328 g/mol. The highest BCUT2D eigenvalue weighted by Crippen LogP contribution is 2.15. The van der Waals surface area contributed by atoms with Crippen molar-refractivity contribution in [2.45, 2.75) is 155 Å². The summed E-state index contributed by atoms with van der Waals surface area (Å²) in [5, 5.41) is 0. The zero-order chi connectivity index (χ0) is 19.7. The molecule has 0 spiro atoms. The molecule has 0 heterocycles. The molecule has 0 aliphatic heterocycles. The van der Waals surface area contributed by atoms with Crippen LogP contribution in [0.1, 0.15) is 155 Å². The highest BCUT2D eigenvalue weighted by atomic mass is 16.5. The third-order valence-corrected chi connectivity index (χ3v) is 5.66. The molecule has 0 aromatic heterocycles. The summed E-state index contributed by atoms with van der Waals surface area (Å²) in [6.07, 6.45) is 31.1. The van der Waals surface area contributed by atoms with Gasteiger partial charge in [0.15, 0.2) is 0 Å². The van der Waals surface area contributed by atoms with Crippen LogP contribution in [0.5, 0.6) is 0 Å². The van der Waals surface area contributed by atoms with Gasteiger partial charge in [-0.15, -0.1) is 0 Å². The highest BCUT2D eigenvalue weighted by Gasteiger charge is 1.96. The largest absolute Gasteiger partial charge is 0.376 e. The van der Waals surface area contributed by atoms with Crippen molar-refractivity contribution in [3.63, 3.8) is 0 Å². The lowest BCUT2D eigenvalue weighted by Gasteiger charge is -2.04. The van der Waals surface area contributed by atoms with Gasteiger partial charge in [-0.3, -0.25) is 0 Å². The molecule has 0 aromatic carbocycles. The summed E-state index contributed by atoms with van der Waals surface area (Å²) in [6, 6.07) is 0. The van der Waals surface area contributed by atoms with Gasteiger partial charge in [-0.2, -0.15) is 0 Å². The van der Waals surface area contributed by atoms with E-state index >= 15 is 0 Å². The minimum absolute atomic E-state index is 0.912. The monoisotopic (exact) mass is 381 g/mol. The predicted molar refractivity (Wildman–Crippen MR) is 123 cm³/mol. The van der Waals surface area contributed by atoms with E-state index in [1.807, 2.05) is 6.61 Å². The molecule has 0 unspecified atom stereocenters. The summed E-state index contributed by atoms with van der Waals surface area (Å²) < 4.78 is 5.49. The van der Waals surface area contributed by atoms with Crippen LogP contribution in [0.2, 0.25) is 0 Å². The van der Waals surface area contributed by atoms with E-state index in [4.69, 9.17) is 4.74 Å². The molecule has 0 bridgehead atoms. The van der Waals surface area contributed by atoms with Crippen molar-refractivity contribution in [2.75, 3.05) is 6.61 Å². The lowest BCUT2D eigenvalue weighted by molar-refractivity contribution is 0.185. The van der Waals surface area contributed by atoms with Crippen LogP contribution in [0.3, 0.4) is 0 Å². The number of hydrogen-bond acceptors (Lipinski definition) is 1. The van der Waals surface area contributed by atoms with Crippen molar-refractivity contribution in [3.8, 4) is 0 Å². The molecule has 0 aromatic rings. The van der Waals surface area contributed by atoms with E-state index in [0.29, 0.717) is 0 Å². The molecule has 0 amide bonds. The summed E-state index contributed by atoms with van der Waals surface area (Å²) in [6.45, 7) is 7.45. The van der Waals surface area contributed by atoms with Crippen LogP contribution in [-0.2, 0) is 4.74 Å². The first-order chi connectivity index (χ1) is 13.4. The Morgan fingerprint density at radius 3 is 1.11 bits per heavy atom. The standard InChI is InChI=1S/C26H53O/c1-3-5-7-8-9-10-11-12-13-14-15-16-17-18-19-20-21-22-23-24-26-27-25-6-4-2/h26H,3-25H2,1-2H3. The van der Waals surface area contributed by atoms with E-state index in [2.05, 4.69) is 13.8 Å². The third-order valence-electron chi connectivity index (χ3n) is 5.66. The number of hydrogen-bond donors (Lipinski definition) is 0. The summed E-state index contributed by atoms with van der Waals surface area (Å²) in [7, 11) is 0. The SMILES string of the molecule is CCCCCCCCCCCCCCCCCCCCC[CH]OCCCC. The van der Waals surface area contributed by atoms with Crippen molar-refractivity contribution in [2.24, 2.45) is 0 Å². The second-order valence-corrected chi connectivity index (χ2v) is 8.54. The molecule has 0 saturated carbocycles. The van der Waals surface area contributed by atoms with Gasteiger partial charge in [0.2, 0.25) is 0 Å². The Morgan fingerprint density at radius 1 is 0.407 bits per heavy atom. The highest BCUT2D eigenvalue weighted by molar-refractivity contribution is 4.54. The molecule has 0 aliphatic carbocycles. The minimum atomic E-state index is 0.912. The Labute approximate surface area is 173 Å². The van der Waals surface area contributed by atoms with E-state index in [1.165, 1.54) is 135 Å². The van der Waals surface area contributed by atoms with Crippen LogP contribution >= 0.6 is 0 Å². The maximum Gasteiger partial charge on any atom is 0.0836 e. The molecule has 0 fully saturated rings. The van der Waals surface area contributed by atoms with Crippen molar-refractivity contribution < 1.29 is 4.74 Å². The fourth-order valence-electron chi connectivity index (χ4n) is 3.70. The summed E-state index contributed by atoms with van der Waals surface area (Å²) >= 11 is 0. The maximum absolute atomic E-state index is 5.49. The number of unbranched alkanes of at least 4 members (excludes halogenated alkanes) is 20. The topological polar surface area (TPSA) is 9.23 Å². The van der Waals surface area contributed by atoms with Crippen LogP contribution < -0.4 is 0 Å². The van der Waals surface area contributed by atoms with Gasteiger partial charge in [-0.05, 0) is 12.8 Å². The van der Waals surface area contributed by atoms with E-state index < -0.39 is 0 Å². The van der Waals surface area contributed by atoms with Crippen molar-refractivity contribution >= 4 is 0 Å². The van der Waals surface area contributed by atoms with Gasteiger partial charge in [-0.25, -0.2) is 0 Å². The summed E-state index contributed by atoms with van der Waals surface area (Å²) in [5.74, 6) is 0. The van der Waals surface area contributed by atoms with Gasteiger partial charge in [0, 0.05) is 6.61 Å². The van der Waals surface area contributed by atoms with Crippen molar-refractivity contribution in [1.29, 1.82) is 0 Å². The normalized spacial score (nSPS) is 11.3. The Bertz CT molecular complexity index is 214. The second-order valence-electron chi connectivity index (χ2n) is 8.54.